The number of hydrogen-bond acceptors (Lipinski definition) is 3. The van der Waals surface area contributed by atoms with Gasteiger partial charge in [0.05, 0.1) is 22.5 Å². The first-order valence-corrected chi connectivity index (χ1v) is 18.7. The molecule has 1 radical (unpaired) electrons. The van der Waals surface area contributed by atoms with Crippen LogP contribution < -0.4 is 0 Å². The number of furan rings is 1. The van der Waals surface area contributed by atoms with Crippen LogP contribution in [-0.4, -0.2) is 14.5 Å². The zero-order chi connectivity index (χ0) is 42.8. The predicted octanol–water partition coefficient (Wildman–Crippen LogP) is 13.3. The molecule has 0 saturated carbocycles. The molecule has 5 heteroatoms. The van der Waals surface area contributed by atoms with E-state index in [2.05, 4.69) is 95.5 Å². The van der Waals surface area contributed by atoms with Crippen LogP contribution in [0, 0.1) is 26.1 Å². The second kappa shape index (κ2) is 17.2. The van der Waals surface area contributed by atoms with Crippen molar-refractivity contribution in [3.8, 4) is 50.6 Å². The van der Waals surface area contributed by atoms with Crippen molar-refractivity contribution in [3.63, 3.8) is 0 Å². The topological polar surface area (TPSA) is 43.9 Å². The monoisotopic (exact) mass is 931 g/mol. The van der Waals surface area contributed by atoms with Gasteiger partial charge in [-0.3, -0.25) is 4.98 Å². The molecule has 0 aliphatic rings. The van der Waals surface area contributed by atoms with E-state index in [9.17, 15) is 0 Å². The van der Waals surface area contributed by atoms with Crippen molar-refractivity contribution in [2.75, 3.05) is 0 Å². The first-order valence-electron chi connectivity index (χ1n) is 21.2. The summed E-state index contributed by atoms with van der Waals surface area (Å²) in [5, 5.41) is 0.753. The summed E-state index contributed by atoms with van der Waals surface area (Å²) in [6.45, 7) is 0.0428. The third-order valence-electron chi connectivity index (χ3n) is 9.75. The number of para-hydroxylation sites is 2. The Labute approximate surface area is 359 Å². The van der Waals surface area contributed by atoms with Crippen molar-refractivity contribution < 1.29 is 31.4 Å². The third kappa shape index (κ3) is 7.96. The smallest absolute Gasteiger partial charge is 0.0774 e. The first-order chi connectivity index (χ1) is 30.1. The van der Waals surface area contributed by atoms with Crippen LogP contribution in [0.15, 0.2) is 193 Å². The molecule has 0 saturated heterocycles. The van der Waals surface area contributed by atoms with Crippen LogP contribution in [0.2, 0.25) is 0 Å². The van der Waals surface area contributed by atoms with Gasteiger partial charge in [0.15, 0.2) is 0 Å². The van der Waals surface area contributed by atoms with Crippen LogP contribution in [0.3, 0.4) is 0 Å². The maximum atomic E-state index is 9.05. The van der Waals surface area contributed by atoms with E-state index in [1.807, 2.05) is 91.0 Å². The number of pyridine rings is 1. The minimum Gasteiger partial charge on any atom is -0.557 e. The Morgan fingerprint density at radius 2 is 1.34 bits per heavy atom. The summed E-state index contributed by atoms with van der Waals surface area (Å²) in [5.74, 6) is 0.676. The van der Waals surface area contributed by atoms with Crippen molar-refractivity contribution in [3.05, 3.63) is 223 Å². The molecule has 283 valence electrons. The number of rotatable bonds is 7. The van der Waals surface area contributed by atoms with Gasteiger partial charge >= 0.3 is 0 Å². The van der Waals surface area contributed by atoms with E-state index in [1.54, 1.807) is 24.3 Å². The number of imidazole rings is 1. The Bertz CT molecular complexity index is 3070. The van der Waals surface area contributed by atoms with Gasteiger partial charge < -0.3 is 14.0 Å². The Hall–Kier alpha value is -6.65. The second-order valence-corrected chi connectivity index (χ2v) is 13.7. The fraction of sp³-hybridized carbons (Fsp3) is 0.0566. The Kier molecular flexibility index (Phi) is 9.64. The second-order valence-electron chi connectivity index (χ2n) is 13.7. The standard InChI is InChI=1S/C41H29N2O.C12H10N.Ir/c1-28-23-33(31-15-7-3-8-16-31)40(34(24-28)32-17-9-4-10-18-32)43-38-20-12-11-19-37(38)42-41(43)36-27-44-39-22-21-30(26-35(36)39)25-29-13-5-2-6-14-29;1-10-7-8-12(13-9-10)11-5-3-2-4-6-11;/h2-24,26H,25H2,1H3;2-5,7-9H,1H3;/q2*-1;/i25D2;1D3;. The van der Waals surface area contributed by atoms with Crippen LogP contribution in [0.25, 0.3) is 72.6 Å². The maximum absolute atomic E-state index is 9.05. The molecule has 10 aromatic rings. The van der Waals surface area contributed by atoms with Gasteiger partial charge in [0.1, 0.15) is 0 Å². The normalized spacial score (nSPS) is 12.6. The van der Waals surface area contributed by atoms with E-state index in [4.69, 9.17) is 16.3 Å². The Morgan fingerprint density at radius 1 is 0.672 bits per heavy atom. The van der Waals surface area contributed by atoms with Crippen LogP contribution in [0.1, 0.15) is 29.1 Å². The fourth-order valence-corrected chi connectivity index (χ4v) is 7.13. The summed E-state index contributed by atoms with van der Waals surface area (Å²) in [4.78, 5) is 9.33. The molecule has 7 aromatic carbocycles. The van der Waals surface area contributed by atoms with E-state index in [-0.39, 0.29) is 25.7 Å². The minimum absolute atomic E-state index is 0. The van der Waals surface area contributed by atoms with Crippen molar-refractivity contribution in [2.45, 2.75) is 20.1 Å². The van der Waals surface area contributed by atoms with E-state index in [0.29, 0.717) is 28.1 Å². The van der Waals surface area contributed by atoms with Gasteiger partial charge in [-0.15, -0.1) is 35.9 Å². The summed E-state index contributed by atoms with van der Waals surface area (Å²) < 4.78 is 48.0. The fourth-order valence-electron chi connectivity index (χ4n) is 7.13. The Morgan fingerprint density at radius 3 is 2.00 bits per heavy atom. The molecule has 0 aliphatic heterocycles. The molecule has 0 fully saturated rings. The molecule has 0 bridgehead atoms. The zero-order valence-corrected chi connectivity index (χ0v) is 33.9. The largest absolute Gasteiger partial charge is 0.557 e. The van der Waals surface area contributed by atoms with E-state index in [1.165, 1.54) is 6.20 Å². The number of hydrogen-bond donors (Lipinski definition) is 0. The summed E-state index contributed by atoms with van der Waals surface area (Å²) in [6.07, 6.45) is 2.85. The molecule has 10 rings (SSSR count). The zero-order valence-electron chi connectivity index (χ0n) is 36.5. The van der Waals surface area contributed by atoms with Crippen LogP contribution in [0.5, 0.6) is 0 Å². The van der Waals surface area contributed by atoms with Gasteiger partial charge in [0.25, 0.3) is 0 Å². The summed E-state index contributed by atoms with van der Waals surface area (Å²) in [6, 6.07) is 62.1. The number of aromatic nitrogens is 3. The molecule has 0 unspecified atom stereocenters. The van der Waals surface area contributed by atoms with Crippen molar-refractivity contribution >= 4 is 22.0 Å². The predicted molar refractivity (Wildman–Crippen MR) is 233 cm³/mol. The van der Waals surface area contributed by atoms with Gasteiger partial charge in [0, 0.05) is 56.1 Å². The number of aryl methyl sites for hydroxylation is 2. The number of fused-ring (bicyclic) bond motifs is 2. The first kappa shape index (κ1) is 32.4. The average molecular weight is 931 g/mol. The van der Waals surface area contributed by atoms with Gasteiger partial charge in [-0.1, -0.05) is 150 Å². The number of benzene rings is 7. The van der Waals surface area contributed by atoms with E-state index in [0.717, 1.165) is 61.2 Å². The van der Waals surface area contributed by atoms with Crippen molar-refractivity contribution in [1.29, 1.82) is 0 Å². The molecular formula is C53H39IrN3O-2. The quantitative estimate of drug-likeness (QED) is 0.150. The average Bonchev–Trinajstić information content (AvgIpc) is 3.91. The maximum Gasteiger partial charge on any atom is 0.0774 e. The molecule has 3 heterocycles. The summed E-state index contributed by atoms with van der Waals surface area (Å²) in [7, 11) is 0. The SMILES string of the molecule is [2H]C([2H])([2H])c1ccc(-c2[c-]cccc2)nc1.[2H]C([2H])(c1ccccc1)c1ccc2o[c-]c(-c3nc4ccccc4n3-c3c(-c4ccccc4)cc(C)cc3-c3ccccc3)c2c1.[Ir]. The van der Waals surface area contributed by atoms with Gasteiger partial charge in [0.2, 0.25) is 0 Å². The van der Waals surface area contributed by atoms with Gasteiger partial charge in [-0.2, -0.15) is 0 Å². The van der Waals surface area contributed by atoms with Crippen LogP contribution >= 0.6 is 0 Å². The number of nitrogens with zero attached hydrogens (tertiary/aromatic N) is 3. The van der Waals surface area contributed by atoms with Crippen LogP contribution in [-0.2, 0) is 26.5 Å². The Balaban J connectivity index is 0.000000271. The van der Waals surface area contributed by atoms with Crippen molar-refractivity contribution in [2.24, 2.45) is 0 Å². The van der Waals surface area contributed by atoms with E-state index < -0.39 is 13.2 Å². The van der Waals surface area contributed by atoms with Gasteiger partial charge in [-0.25, -0.2) is 0 Å². The van der Waals surface area contributed by atoms with Crippen molar-refractivity contribution in [1.82, 2.24) is 14.5 Å². The minimum atomic E-state index is -2.09. The molecule has 0 N–H and O–H groups in total. The van der Waals surface area contributed by atoms with Gasteiger partial charge in [-0.05, 0) is 77.9 Å². The summed E-state index contributed by atoms with van der Waals surface area (Å²) >= 11 is 0. The summed E-state index contributed by atoms with van der Waals surface area (Å²) in [5.41, 5.74) is 12.6. The molecule has 0 atom stereocenters. The molecule has 58 heavy (non-hydrogen) atoms. The molecule has 0 amide bonds. The third-order valence-corrected chi connectivity index (χ3v) is 9.75. The molecule has 0 spiro atoms. The molecular weight excluding hydrogens is 887 g/mol. The van der Waals surface area contributed by atoms with E-state index >= 15 is 0 Å². The molecule has 3 aromatic heterocycles. The molecule has 0 aliphatic carbocycles. The molecule has 4 nitrogen and oxygen atoms in total. The van der Waals surface area contributed by atoms with Crippen LogP contribution in [0.4, 0.5) is 0 Å².